The fraction of sp³-hybridized carbons (Fsp3) is 0.154. The summed E-state index contributed by atoms with van der Waals surface area (Å²) in [5.74, 6) is -0.497. The van der Waals surface area contributed by atoms with Gasteiger partial charge < -0.3 is 11.1 Å². The molecule has 2 aromatic rings. The number of nitrogens with two attached hydrogens (primary N) is 1. The summed E-state index contributed by atoms with van der Waals surface area (Å²) in [7, 11) is 0. The zero-order valence-corrected chi connectivity index (χ0v) is 11.0. The molecule has 0 aliphatic rings. The second-order valence-corrected chi connectivity index (χ2v) is 5.14. The van der Waals surface area contributed by atoms with Crippen molar-refractivity contribution in [1.82, 2.24) is 0 Å². The van der Waals surface area contributed by atoms with Gasteiger partial charge in [-0.25, -0.2) is 0 Å². The number of nitrogen functional groups attached to an aromatic ring is 1. The van der Waals surface area contributed by atoms with E-state index in [1.54, 1.807) is 17.5 Å². The Kier molecular flexibility index (Phi) is 3.99. The van der Waals surface area contributed by atoms with Gasteiger partial charge in [-0.1, -0.05) is 6.07 Å². The van der Waals surface area contributed by atoms with E-state index in [0.717, 1.165) is 17.0 Å². The first-order chi connectivity index (χ1) is 9.36. The second kappa shape index (κ2) is 5.54. The number of alkyl halides is 3. The number of rotatable bonds is 3. The van der Waals surface area contributed by atoms with Crippen molar-refractivity contribution in [3.63, 3.8) is 0 Å². The van der Waals surface area contributed by atoms with Crippen molar-refractivity contribution in [2.24, 2.45) is 0 Å². The van der Waals surface area contributed by atoms with Gasteiger partial charge in [-0.2, -0.15) is 13.2 Å². The maximum absolute atomic E-state index is 12.9. The molecule has 2 rings (SSSR count). The van der Waals surface area contributed by atoms with Crippen LogP contribution in [0.1, 0.15) is 10.4 Å². The topological polar surface area (TPSA) is 55.1 Å². The van der Waals surface area contributed by atoms with Crippen LogP contribution in [0.4, 0.5) is 24.5 Å². The number of halogens is 3. The van der Waals surface area contributed by atoms with Gasteiger partial charge in [0.1, 0.15) is 0 Å². The lowest BCUT2D eigenvalue weighted by Crippen LogP contribution is -2.18. The average molecular weight is 300 g/mol. The molecule has 3 nitrogen and oxygen atoms in total. The van der Waals surface area contributed by atoms with Gasteiger partial charge in [0, 0.05) is 10.6 Å². The van der Waals surface area contributed by atoms with E-state index in [4.69, 9.17) is 5.73 Å². The van der Waals surface area contributed by atoms with Crippen LogP contribution in [-0.4, -0.2) is 5.91 Å². The summed E-state index contributed by atoms with van der Waals surface area (Å²) in [6.07, 6.45) is -4.53. The second-order valence-electron chi connectivity index (χ2n) is 4.11. The molecule has 1 aromatic heterocycles. The van der Waals surface area contributed by atoms with E-state index in [-0.39, 0.29) is 17.8 Å². The summed E-state index contributed by atoms with van der Waals surface area (Å²) in [5, 5.41) is 4.07. The molecule has 0 radical (unpaired) electrons. The van der Waals surface area contributed by atoms with Crippen LogP contribution in [0.15, 0.2) is 35.7 Å². The average Bonchev–Trinajstić information content (AvgIpc) is 2.82. The molecular weight excluding hydrogens is 289 g/mol. The van der Waals surface area contributed by atoms with E-state index in [1.807, 2.05) is 0 Å². The number of nitrogens with one attached hydrogen (secondary N) is 1. The van der Waals surface area contributed by atoms with Crippen LogP contribution in [0, 0.1) is 0 Å². The molecule has 0 saturated heterocycles. The standard InChI is InChI=1S/C13H11F3N2OS/c14-13(15,16)10-6-8(17)3-4-11(10)18-12(19)7-9-2-1-5-20-9/h1-6H,7,17H2,(H,18,19). The monoisotopic (exact) mass is 300 g/mol. The van der Waals surface area contributed by atoms with E-state index in [9.17, 15) is 18.0 Å². The minimum atomic E-state index is -4.57. The third kappa shape index (κ3) is 3.51. The molecular formula is C13H11F3N2OS. The van der Waals surface area contributed by atoms with Gasteiger partial charge in [0.05, 0.1) is 17.7 Å². The maximum atomic E-state index is 12.9. The number of hydrogen-bond acceptors (Lipinski definition) is 3. The number of anilines is 2. The fourth-order valence-corrected chi connectivity index (χ4v) is 2.37. The lowest BCUT2D eigenvalue weighted by Gasteiger charge is -2.14. The molecule has 0 atom stereocenters. The third-order valence-corrected chi connectivity index (χ3v) is 3.41. The van der Waals surface area contributed by atoms with Gasteiger partial charge in [-0.15, -0.1) is 11.3 Å². The normalized spacial score (nSPS) is 11.3. The van der Waals surface area contributed by atoms with Crippen LogP contribution in [0.3, 0.4) is 0 Å². The van der Waals surface area contributed by atoms with Gasteiger partial charge in [0.15, 0.2) is 0 Å². The fourth-order valence-electron chi connectivity index (χ4n) is 1.67. The quantitative estimate of drug-likeness (QED) is 0.852. The summed E-state index contributed by atoms with van der Waals surface area (Å²) in [4.78, 5) is 12.5. The van der Waals surface area contributed by atoms with Crippen LogP contribution >= 0.6 is 11.3 Å². The lowest BCUT2D eigenvalue weighted by atomic mass is 10.1. The van der Waals surface area contributed by atoms with E-state index in [1.165, 1.54) is 17.4 Å². The highest BCUT2D eigenvalue weighted by Crippen LogP contribution is 2.36. The zero-order chi connectivity index (χ0) is 14.8. The van der Waals surface area contributed by atoms with Gasteiger partial charge in [0.2, 0.25) is 5.91 Å². The largest absolute Gasteiger partial charge is 0.418 e. The molecule has 0 unspecified atom stereocenters. The molecule has 7 heteroatoms. The van der Waals surface area contributed by atoms with Crippen molar-refractivity contribution in [1.29, 1.82) is 0 Å². The minimum absolute atomic E-state index is 0.00594. The highest BCUT2D eigenvalue weighted by atomic mass is 32.1. The molecule has 0 aliphatic heterocycles. The minimum Gasteiger partial charge on any atom is -0.399 e. The van der Waals surface area contributed by atoms with Crippen LogP contribution < -0.4 is 11.1 Å². The van der Waals surface area contributed by atoms with Crippen LogP contribution in [0.2, 0.25) is 0 Å². The van der Waals surface area contributed by atoms with E-state index in [2.05, 4.69) is 5.32 Å². The highest BCUT2D eigenvalue weighted by molar-refractivity contribution is 7.10. The Morgan fingerprint density at radius 3 is 2.65 bits per heavy atom. The summed E-state index contributed by atoms with van der Waals surface area (Å²) in [6.45, 7) is 0. The summed E-state index contributed by atoms with van der Waals surface area (Å²) in [5.41, 5.74) is 4.12. The molecule has 106 valence electrons. The predicted octanol–water partition coefficient (Wildman–Crippen LogP) is 3.53. The van der Waals surface area contributed by atoms with Crippen LogP contribution in [0.5, 0.6) is 0 Å². The molecule has 1 aromatic carbocycles. The Morgan fingerprint density at radius 2 is 2.05 bits per heavy atom. The Morgan fingerprint density at radius 1 is 1.30 bits per heavy atom. The Labute approximate surface area is 117 Å². The third-order valence-electron chi connectivity index (χ3n) is 2.54. The number of amides is 1. The molecule has 0 saturated carbocycles. The van der Waals surface area contributed by atoms with Crippen LogP contribution in [0.25, 0.3) is 0 Å². The molecule has 0 spiro atoms. The summed E-state index contributed by atoms with van der Waals surface area (Å²) in [6, 6.07) is 6.80. The van der Waals surface area contributed by atoms with Crippen molar-refractivity contribution in [2.45, 2.75) is 12.6 Å². The lowest BCUT2D eigenvalue weighted by molar-refractivity contribution is -0.136. The van der Waals surface area contributed by atoms with Crippen molar-refractivity contribution in [2.75, 3.05) is 11.1 Å². The van der Waals surface area contributed by atoms with E-state index in [0.29, 0.717) is 0 Å². The molecule has 0 fully saturated rings. The van der Waals surface area contributed by atoms with Crippen LogP contribution in [-0.2, 0) is 17.4 Å². The van der Waals surface area contributed by atoms with Gasteiger partial charge in [0.25, 0.3) is 0 Å². The Bertz CT molecular complexity index is 609. The van der Waals surface area contributed by atoms with Crippen molar-refractivity contribution in [3.05, 3.63) is 46.2 Å². The molecule has 0 aliphatic carbocycles. The smallest absolute Gasteiger partial charge is 0.399 e. The molecule has 0 bridgehead atoms. The first-order valence-corrected chi connectivity index (χ1v) is 6.53. The molecule has 1 heterocycles. The van der Waals surface area contributed by atoms with E-state index >= 15 is 0 Å². The summed E-state index contributed by atoms with van der Waals surface area (Å²) < 4.78 is 38.6. The first kappa shape index (κ1) is 14.4. The number of hydrogen-bond donors (Lipinski definition) is 2. The highest BCUT2D eigenvalue weighted by Gasteiger charge is 2.34. The number of thiophene rings is 1. The molecule has 1 amide bonds. The number of carbonyl (C=O) groups is 1. The first-order valence-electron chi connectivity index (χ1n) is 5.65. The van der Waals surface area contributed by atoms with Crippen molar-refractivity contribution in [3.8, 4) is 0 Å². The molecule has 20 heavy (non-hydrogen) atoms. The Hall–Kier alpha value is -2.02. The van der Waals surface area contributed by atoms with Crippen molar-refractivity contribution >= 4 is 28.6 Å². The number of carbonyl (C=O) groups excluding carboxylic acids is 1. The van der Waals surface area contributed by atoms with E-state index < -0.39 is 17.6 Å². The number of benzene rings is 1. The van der Waals surface area contributed by atoms with Gasteiger partial charge in [-0.3, -0.25) is 4.79 Å². The predicted molar refractivity (Wildman–Crippen MR) is 72.5 cm³/mol. The Balaban J connectivity index is 2.19. The maximum Gasteiger partial charge on any atom is 0.418 e. The van der Waals surface area contributed by atoms with Gasteiger partial charge >= 0.3 is 6.18 Å². The summed E-state index contributed by atoms with van der Waals surface area (Å²) >= 11 is 1.37. The zero-order valence-electron chi connectivity index (χ0n) is 10.2. The molecule has 3 N–H and O–H groups in total. The SMILES string of the molecule is Nc1ccc(NC(=O)Cc2cccs2)c(C(F)(F)F)c1. The van der Waals surface area contributed by atoms with Gasteiger partial charge in [-0.05, 0) is 29.6 Å². The van der Waals surface area contributed by atoms with Crippen molar-refractivity contribution < 1.29 is 18.0 Å².